The second-order valence-corrected chi connectivity index (χ2v) is 5.69. The van der Waals surface area contributed by atoms with Crippen LogP contribution >= 0.6 is 11.6 Å². The van der Waals surface area contributed by atoms with Gasteiger partial charge in [-0.05, 0) is 49.6 Å². The molecule has 0 heterocycles. The number of benzene rings is 2. The SMILES string of the molecule is C/C(=N/NC(=O)COc1c(C)cccc1C)c1ccc(Cl)cc1. The lowest BCUT2D eigenvalue weighted by Gasteiger charge is -2.11. The van der Waals surface area contributed by atoms with Crippen molar-refractivity contribution in [3.05, 3.63) is 64.2 Å². The Morgan fingerprint density at radius 2 is 1.74 bits per heavy atom. The summed E-state index contributed by atoms with van der Waals surface area (Å²) < 4.78 is 5.58. The fourth-order valence-corrected chi connectivity index (χ4v) is 2.22. The van der Waals surface area contributed by atoms with E-state index < -0.39 is 0 Å². The van der Waals surface area contributed by atoms with Crippen molar-refractivity contribution in [3.63, 3.8) is 0 Å². The fraction of sp³-hybridized carbons (Fsp3) is 0.222. The highest BCUT2D eigenvalue weighted by Crippen LogP contribution is 2.21. The van der Waals surface area contributed by atoms with E-state index in [0.29, 0.717) is 10.7 Å². The number of nitrogens with zero attached hydrogens (tertiary/aromatic N) is 1. The summed E-state index contributed by atoms with van der Waals surface area (Å²) in [5, 5.41) is 4.73. The molecule has 0 aliphatic heterocycles. The normalized spacial score (nSPS) is 11.2. The Bertz CT molecular complexity index is 704. The van der Waals surface area contributed by atoms with Crippen LogP contribution in [0, 0.1) is 13.8 Å². The Hall–Kier alpha value is -2.33. The van der Waals surface area contributed by atoms with E-state index in [9.17, 15) is 4.79 Å². The van der Waals surface area contributed by atoms with E-state index in [1.54, 1.807) is 12.1 Å². The summed E-state index contributed by atoms with van der Waals surface area (Å²) in [6.07, 6.45) is 0. The third-order valence-corrected chi connectivity index (χ3v) is 3.62. The molecule has 0 atom stereocenters. The number of amides is 1. The van der Waals surface area contributed by atoms with Crippen molar-refractivity contribution < 1.29 is 9.53 Å². The molecule has 0 aliphatic carbocycles. The fourth-order valence-electron chi connectivity index (χ4n) is 2.10. The zero-order valence-electron chi connectivity index (χ0n) is 13.4. The largest absolute Gasteiger partial charge is 0.483 e. The second kappa shape index (κ2) is 7.79. The number of para-hydroxylation sites is 1. The summed E-state index contributed by atoms with van der Waals surface area (Å²) >= 11 is 5.84. The van der Waals surface area contributed by atoms with Crippen LogP contribution in [0.5, 0.6) is 5.75 Å². The lowest BCUT2D eigenvalue weighted by Crippen LogP contribution is -2.26. The first-order chi connectivity index (χ1) is 11.0. The Morgan fingerprint density at radius 1 is 1.13 bits per heavy atom. The molecule has 5 heteroatoms. The minimum atomic E-state index is -0.305. The molecule has 0 spiro atoms. The lowest BCUT2D eigenvalue weighted by atomic mass is 10.1. The molecule has 0 bridgehead atoms. The van der Waals surface area contributed by atoms with Crippen LogP contribution in [0.25, 0.3) is 0 Å². The number of hydrazone groups is 1. The van der Waals surface area contributed by atoms with Gasteiger partial charge in [-0.15, -0.1) is 0 Å². The molecule has 1 amide bonds. The molecule has 0 unspecified atom stereocenters. The summed E-state index contributed by atoms with van der Waals surface area (Å²) in [7, 11) is 0. The monoisotopic (exact) mass is 330 g/mol. The molecule has 0 aromatic heterocycles. The van der Waals surface area contributed by atoms with Crippen LogP contribution in [0.15, 0.2) is 47.6 Å². The smallest absolute Gasteiger partial charge is 0.277 e. The Morgan fingerprint density at radius 3 is 2.35 bits per heavy atom. The van der Waals surface area contributed by atoms with Gasteiger partial charge in [0.1, 0.15) is 5.75 Å². The molecule has 0 saturated heterocycles. The number of ether oxygens (including phenoxy) is 1. The van der Waals surface area contributed by atoms with Gasteiger partial charge in [-0.25, -0.2) is 5.43 Å². The molecule has 0 radical (unpaired) electrons. The van der Waals surface area contributed by atoms with Gasteiger partial charge in [-0.2, -0.15) is 5.10 Å². The van der Waals surface area contributed by atoms with Gasteiger partial charge < -0.3 is 4.74 Å². The Kier molecular flexibility index (Phi) is 5.77. The number of nitrogens with one attached hydrogen (secondary N) is 1. The lowest BCUT2D eigenvalue weighted by molar-refractivity contribution is -0.123. The van der Waals surface area contributed by atoms with Crippen molar-refractivity contribution in [3.8, 4) is 5.75 Å². The summed E-state index contributed by atoms with van der Waals surface area (Å²) in [5.74, 6) is 0.432. The van der Waals surface area contributed by atoms with Crippen molar-refractivity contribution in [2.45, 2.75) is 20.8 Å². The van der Waals surface area contributed by atoms with Crippen LogP contribution < -0.4 is 10.2 Å². The molecule has 0 saturated carbocycles. The van der Waals surface area contributed by atoms with Crippen LogP contribution in [0.3, 0.4) is 0 Å². The third kappa shape index (κ3) is 4.83. The zero-order valence-corrected chi connectivity index (χ0v) is 14.1. The molecule has 2 aromatic carbocycles. The molecule has 1 N–H and O–H groups in total. The van der Waals surface area contributed by atoms with E-state index in [1.165, 1.54) is 0 Å². The van der Waals surface area contributed by atoms with Crippen molar-refractivity contribution in [1.29, 1.82) is 0 Å². The van der Waals surface area contributed by atoms with Gasteiger partial charge in [-0.3, -0.25) is 4.79 Å². The van der Waals surface area contributed by atoms with Gasteiger partial charge in [0.15, 0.2) is 6.61 Å². The molecule has 0 fully saturated rings. The predicted octanol–water partition coefficient (Wildman–Crippen LogP) is 3.88. The maximum atomic E-state index is 11.9. The Labute approximate surface area is 141 Å². The van der Waals surface area contributed by atoms with Crippen LogP contribution in [0.4, 0.5) is 0 Å². The first-order valence-corrected chi connectivity index (χ1v) is 7.63. The van der Waals surface area contributed by atoms with Gasteiger partial charge in [0, 0.05) is 5.02 Å². The van der Waals surface area contributed by atoms with E-state index >= 15 is 0 Å². The summed E-state index contributed by atoms with van der Waals surface area (Å²) in [5.41, 5.74) is 6.08. The highest BCUT2D eigenvalue weighted by molar-refractivity contribution is 6.30. The molecule has 2 rings (SSSR count). The highest BCUT2D eigenvalue weighted by Gasteiger charge is 2.07. The standard InChI is InChI=1S/C18H19ClN2O2/c1-12-5-4-6-13(2)18(12)23-11-17(22)21-20-14(3)15-7-9-16(19)10-8-15/h4-10H,11H2,1-3H3,(H,21,22)/b20-14-. The van der Waals surface area contributed by atoms with E-state index in [1.807, 2.05) is 51.1 Å². The highest BCUT2D eigenvalue weighted by atomic mass is 35.5. The first kappa shape index (κ1) is 17.0. The summed E-state index contributed by atoms with van der Waals surface area (Å²) in [4.78, 5) is 11.9. The van der Waals surface area contributed by atoms with Crippen molar-refractivity contribution in [1.82, 2.24) is 5.43 Å². The molecule has 4 nitrogen and oxygen atoms in total. The average Bonchev–Trinajstić information content (AvgIpc) is 2.53. The van der Waals surface area contributed by atoms with Crippen LogP contribution in [-0.4, -0.2) is 18.2 Å². The number of aryl methyl sites for hydroxylation is 2. The first-order valence-electron chi connectivity index (χ1n) is 7.25. The summed E-state index contributed by atoms with van der Waals surface area (Å²) in [6, 6.07) is 13.1. The number of halogens is 1. The topological polar surface area (TPSA) is 50.7 Å². The van der Waals surface area contributed by atoms with Crippen molar-refractivity contribution >= 4 is 23.2 Å². The van der Waals surface area contributed by atoms with Gasteiger partial charge in [0.05, 0.1) is 5.71 Å². The third-order valence-electron chi connectivity index (χ3n) is 3.37. The van der Waals surface area contributed by atoms with E-state index in [4.69, 9.17) is 16.3 Å². The zero-order chi connectivity index (χ0) is 16.8. The van der Waals surface area contributed by atoms with Gasteiger partial charge in [0.2, 0.25) is 0 Å². The second-order valence-electron chi connectivity index (χ2n) is 5.25. The minimum absolute atomic E-state index is 0.0803. The Balaban J connectivity index is 1.92. The van der Waals surface area contributed by atoms with E-state index in [2.05, 4.69) is 10.5 Å². The number of carbonyl (C=O) groups is 1. The minimum Gasteiger partial charge on any atom is -0.483 e. The number of hydrogen-bond acceptors (Lipinski definition) is 3. The molecule has 120 valence electrons. The van der Waals surface area contributed by atoms with E-state index in [0.717, 1.165) is 22.4 Å². The number of rotatable bonds is 5. The quantitative estimate of drug-likeness (QED) is 0.668. The maximum absolute atomic E-state index is 11.9. The van der Waals surface area contributed by atoms with Gasteiger partial charge in [-0.1, -0.05) is 41.9 Å². The van der Waals surface area contributed by atoms with Gasteiger partial charge in [0.25, 0.3) is 5.91 Å². The van der Waals surface area contributed by atoms with Crippen molar-refractivity contribution in [2.24, 2.45) is 5.10 Å². The van der Waals surface area contributed by atoms with Crippen LogP contribution in [-0.2, 0) is 4.79 Å². The van der Waals surface area contributed by atoms with Gasteiger partial charge >= 0.3 is 0 Å². The molecule has 0 aliphatic rings. The maximum Gasteiger partial charge on any atom is 0.277 e. The van der Waals surface area contributed by atoms with Crippen molar-refractivity contribution in [2.75, 3.05) is 6.61 Å². The van der Waals surface area contributed by atoms with Crippen LogP contribution in [0.1, 0.15) is 23.6 Å². The molecular formula is C18H19ClN2O2. The average molecular weight is 331 g/mol. The summed E-state index contributed by atoms with van der Waals surface area (Å²) in [6.45, 7) is 5.63. The number of hydrogen-bond donors (Lipinski definition) is 1. The van der Waals surface area contributed by atoms with E-state index in [-0.39, 0.29) is 12.5 Å². The number of carbonyl (C=O) groups excluding carboxylic acids is 1. The molecule has 23 heavy (non-hydrogen) atoms. The predicted molar refractivity (Wildman–Crippen MR) is 93.2 cm³/mol. The molecule has 2 aromatic rings. The van der Waals surface area contributed by atoms with Crippen LogP contribution in [0.2, 0.25) is 5.02 Å². The molecular weight excluding hydrogens is 312 g/mol.